The van der Waals surface area contributed by atoms with Crippen LogP contribution < -0.4 is 10.2 Å². The lowest BCUT2D eigenvalue weighted by molar-refractivity contribution is 0.0948. The molecule has 0 radical (unpaired) electrons. The van der Waals surface area contributed by atoms with Crippen LogP contribution in [0.15, 0.2) is 52.2 Å². The first kappa shape index (κ1) is 20.2. The number of nitrogens with one attached hydrogen (secondary N) is 1. The number of rotatable bonds is 8. The highest BCUT2D eigenvalue weighted by Gasteiger charge is 2.32. The van der Waals surface area contributed by atoms with E-state index in [-0.39, 0.29) is 5.91 Å². The summed E-state index contributed by atoms with van der Waals surface area (Å²) in [6, 6.07) is 12.0. The number of thioether (sulfide) groups is 1. The summed E-state index contributed by atoms with van der Waals surface area (Å²) in [5, 5.41) is 13.0. The minimum absolute atomic E-state index is 0.100. The van der Waals surface area contributed by atoms with E-state index in [4.69, 9.17) is 4.42 Å². The fourth-order valence-corrected chi connectivity index (χ4v) is 4.91. The van der Waals surface area contributed by atoms with E-state index in [0.29, 0.717) is 18.2 Å². The van der Waals surface area contributed by atoms with Crippen molar-refractivity contribution >= 4 is 23.6 Å². The van der Waals surface area contributed by atoms with Crippen LogP contribution in [0.25, 0.3) is 0 Å². The van der Waals surface area contributed by atoms with Gasteiger partial charge in [0, 0.05) is 30.4 Å². The summed E-state index contributed by atoms with van der Waals surface area (Å²) in [6.07, 6.45) is 7.79. The zero-order valence-corrected chi connectivity index (χ0v) is 18.3. The Labute approximate surface area is 186 Å². The van der Waals surface area contributed by atoms with Gasteiger partial charge >= 0.3 is 0 Å². The Kier molecular flexibility index (Phi) is 5.97. The molecule has 7 nitrogen and oxygen atoms in total. The standard InChI is InChI=1S/C23H27N5O2S/c29-21(24-15-20-8-5-13-30-20)18-7-4-6-17(14-18)16-31-23-26-25-22(28(23)19-9-10-19)27-11-2-1-3-12-27/h4-8,13-14,19H,1-3,9-12,15-16H2,(H,24,29). The average Bonchev–Trinajstić information content (AvgIpc) is 3.34. The van der Waals surface area contributed by atoms with Gasteiger partial charge in [-0.1, -0.05) is 23.9 Å². The summed E-state index contributed by atoms with van der Waals surface area (Å²) in [5.74, 6) is 2.43. The number of benzene rings is 1. The van der Waals surface area contributed by atoms with Crippen LogP contribution in [0.3, 0.4) is 0 Å². The summed E-state index contributed by atoms with van der Waals surface area (Å²) in [5.41, 5.74) is 1.75. The Morgan fingerprint density at radius 1 is 1.13 bits per heavy atom. The molecule has 8 heteroatoms. The number of aromatic nitrogens is 3. The van der Waals surface area contributed by atoms with Gasteiger partial charge in [-0.05, 0) is 61.9 Å². The van der Waals surface area contributed by atoms with Crippen LogP contribution in [-0.2, 0) is 12.3 Å². The quantitative estimate of drug-likeness (QED) is 0.526. The van der Waals surface area contributed by atoms with Crippen LogP contribution in [0, 0.1) is 0 Å². The van der Waals surface area contributed by atoms with Gasteiger partial charge in [0.1, 0.15) is 5.76 Å². The van der Waals surface area contributed by atoms with Crippen LogP contribution in [0.4, 0.5) is 5.95 Å². The van der Waals surface area contributed by atoms with Gasteiger partial charge in [-0.2, -0.15) is 0 Å². The number of carbonyl (C=O) groups excluding carboxylic acids is 1. The Balaban J connectivity index is 1.24. The minimum Gasteiger partial charge on any atom is -0.467 e. The number of amides is 1. The Bertz CT molecular complexity index is 1020. The number of hydrogen-bond acceptors (Lipinski definition) is 6. The monoisotopic (exact) mass is 437 g/mol. The number of piperidine rings is 1. The molecule has 1 N–H and O–H groups in total. The summed E-state index contributed by atoms with van der Waals surface area (Å²) in [7, 11) is 0. The summed E-state index contributed by atoms with van der Waals surface area (Å²) in [4.78, 5) is 14.9. The van der Waals surface area contributed by atoms with E-state index in [9.17, 15) is 4.79 Å². The van der Waals surface area contributed by atoms with Crippen molar-refractivity contribution in [3.05, 3.63) is 59.5 Å². The maximum Gasteiger partial charge on any atom is 0.251 e. The van der Waals surface area contributed by atoms with Gasteiger partial charge in [-0.15, -0.1) is 10.2 Å². The molecule has 1 saturated heterocycles. The predicted molar refractivity (Wildman–Crippen MR) is 120 cm³/mol. The molecule has 0 bridgehead atoms. The summed E-state index contributed by atoms with van der Waals surface area (Å²) < 4.78 is 7.62. The van der Waals surface area contributed by atoms with E-state index in [2.05, 4.69) is 31.0 Å². The molecule has 5 rings (SSSR count). The summed E-state index contributed by atoms with van der Waals surface area (Å²) >= 11 is 1.70. The largest absolute Gasteiger partial charge is 0.467 e. The fourth-order valence-electron chi connectivity index (χ4n) is 3.96. The van der Waals surface area contributed by atoms with Crippen molar-refractivity contribution in [1.82, 2.24) is 20.1 Å². The molecular formula is C23H27N5O2S. The second-order valence-electron chi connectivity index (χ2n) is 8.18. The van der Waals surface area contributed by atoms with Gasteiger partial charge in [0.2, 0.25) is 5.95 Å². The molecule has 1 amide bonds. The number of nitrogens with zero attached hydrogens (tertiary/aromatic N) is 4. The van der Waals surface area contributed by atoms with Crippen molar-refractivity contribution in [3.8, 4) is 0 Å². The minimum atomic E-state index is -0.100. The third-order valence-electron chi connectivity index (χ3n) is 5.76. The van der Waals surface area contributed by atoms with Crippen molar-refractivity contribution in [3.63, 3.8) is 0 Å². The molecular weight excluding hydrogens is 410 g/mol. The molecule has 2 aliphatic rings. The zero-order chi connectivity index (χ0) is 21.0. The maximum atomic E-state index is 12.5. The van der Waals surface area contributed by atoms with Crippen LogP contribution in [-0.4, -0.2) is 33.8 Å². The first-order valence-corrected chi connectivity index (χ1v) is 12.0. The Morgan fingerprint density at radius 3 is 2.77 bits per heavy atom. The number of hydrogen-bond donors (Lipinski definition) is 1. The van der Waals surface area contributed by atoms with Gasteiger partial charge in [0.15, 0.2) is 5.16 Å². The van der Waals surface area contributed by atoms with Crippen molar-refractivity contribution < 1.29 is 9.21 Å². The number of carbonyl (C=O) groups is 1. The van der Waals surface area contributed by atoms with E-state index in [1.807, 2.05) is 30.3 Å². The molecule has 31 heavy (non-hydrogen) atoms. The topological polar surface area (TPSA) is 76.2 Å². The van der Waals surface area contributed by atoms with E-state index in [0.717, 1.165) is 41.3 Å². The smallest absolute Gasteiger partial charge is 0.251 e. The molecule has 3 heterocycles. The van der Waals surface area contributed by atoms with Crippen molar-refractivity contribution in [1.29, 1.82) is 0 Å². The van der Waals surface area contributed by atoms with Crippen LogP contribution in [0.2, 0.25) is 0 Å². The lowest BCUT2D eigenvalue weighted by Crippen LogP contribution is -2.31. The van der Waals surface area contributed by atoms with Crippen LogP contribution >= 0.6 is 11.8 Å². The van der Waals surface area contributed by atoms with E-state index >= 15 is 0 Å². The highest BCUT2D eigenvalue weighted by Crippen LogP contribution is 2.41. The van der Waals surface area contributed by atoms with Crippen LogP contribution in [0.1, 0.15) is 59.8 Å². The lowest BCUT2D eigenvalue weighted by Gasteiger charge is -2.27. The Morgan fingerprint density at radius 2 is 2.00 bits per heavy atom. The molecule has 0 unspecified atom stereocenters. The SMILES string of the molecule is O=C(NCc1ccco1)c1cccc(CSc2nnc(N3CCCCC3)n2C2CC2)c1. The average molecular weight is 438 g/mol. The highest BCUT2D eigenvalue weighted by atomic mass is 32.2. The third kappa shape index (κ3) is 4.79. The molecule has 2 aromatic heterocycles. The number of furan rings is 1. The fraction of sp³-hybridized carbons (Fsp3) is 0.435. The molecule has 1 aliphatic heterocycles. The second kappa shape index (κ2) is 9.18. The molecule has 0 atom stereocenters. The Hall–Kier alpha value is -2.74. The molecule has 0 spiro atoms. The molecule has 3 aromatic rings. The van der Waals surface area contributed by atoms with Crippen molar-refractivity contribution in [2.45, 2.75) is 55.6 Å². The van der Waals surface area contributed by atoms with Gasteiger partial charge in [-0.25, -0.2) is 0 Å². The predicted octanol–water partition coefficient (Wildman–Crippen LogP) is 4.42. The zero-order valence-electron chi connectivity index (χ0n) is 17.5. The van der Waals surface area contributed by atoms with E-state index < -0.39 is 0 Å². The van der Waals surface area contributed by atoms with Gasteiger partial charge in [-0.3, -0.25) is 9.36 Å². The molecule has 1 saturated carbocycles. The van der Waals surface area contributed by atoms with E-state index in [1.165, 1.54) is 32.1 Å². The van der Waals surface area contributed by atoms with Gasteiger partial charge in [0.25, 0.3) is 5.91 Å². The van der Waals surface area contributed by atoms with Gasteiger partial charge in [0.05, 0.1) is 12.8 Å². The van der Waals surface area contributed by atoms with Crippen molar-refractivity contribution in [2.75, 3.05) is 18.0 Å². The number of anilines is 1. The van der Waals surface area contributed by atoms with E-state index in [1.54, 1.807) is 18.0 Å². The first-order chi connectivity index (χ1) is 15.3. The highest BCUT2D eigenvalue weighted by molar-refractivity contribution is 7.98. The maximum absolute atomic E-state index is 12.5. The molecule has 1 aromatic carbocycles. The van der Waals surface area contributed by atoms with Gasteiger partial charge < -0.3 is 14.6 Å². The van der Waals surface area contributed by atoms with Crippen molar-refractivity contribution in [2.24, 2.45) is 0 Å². The second-order valence-corrected chi connectivity index (χ2v) is 9.13. The normalized spacial score (nSPS) is 16.5. The summed E-state index contributed by atoms with van der Waals surface area (Å²) in [6.45, 7) is 2.53. The molecule has 162 valence electrons. The molecule has 2 fully saturated rings. The van der Waals surface area contributed by atoms with Crippen LogP contribution in [0.5, 0.6) is 0 Å². The third-order valence-corrected chi connectivity index (χ3v) is 6.77. The molecule has 1 aliphatic carbocycles. The first-order valence-electron chi connectivity index (χ1n) is 11.0. The lowest BCUT2D eigenvalue weighted by atomic mass is 10.1.